The number of hydrogen-bond donors (Lipinski definition) is 1. The minimum atomic E-state index is -4.58. The number of nitriles is 1. The molecule has 4 nitrogen and oxygen atoms in total. The Morgan fingerprint density at radius 3 is 2.37 bits per heavy atom. The van der Waals surface area contributed by atoms with Crippen molar-refractivity contribution in [3.63, 3.8) is 0 Å². The maximum atomic E-state index is 13.1. The smallest absolute Gasteiger partial charge is 0.416 e. The molecule has 1 N–H and O–H groups in total. The maximum Gasteiger partial charge on any atom is 0.416 e. The van der Waals surface area contributed by atoms with Crippen molar-refractivity contribution in [3.05, 3.63) is 81.3 Å². The number of aromatic hydroxyl groups is 1. The van der Waals surface area contributed by atoms with Gasteiger partial charge in [0.2, 0.25) is 0 Å². The van der Waals surface area contributed by atoms with E-state index in [9.17, 15) is 18.3 Å². The van der Waals surface area contributed by atoms with Crippen molar-refractivity contribution < 1.29 is 23.0 Å². The fourth-order valence-electron chi connectivity index (χ4n) is 2.43. The van der Waals surface area contributed by atoms with Crippen molar-refractivity contribution in [3.8, 4) is 23.3 Å². The van der Waals surface area contributed by atoms with Crippen LogP contribution in [-0.2, 0) is 6.18 Å². The largest absolute Gasteiger partial charge is 0.506 e. The number of phenols is 1. The molecule has 152 valence electrons. The van der Waals surface area contributed by atoms with Crippen molar-refractivity contribution in [2.24, 2.45) is 4.99 Å². The van der Waals surface area contributed by atoms with Crippen LogP contribution in [0.15, 0.2) is 59.6 Å². The molecule has 0 fully saturated rings. The molecule has 0 radical (unpaired) electrons. The van der Waals surface area contributed by atoms with Crippen LogP contribution in [-0.4, -0.2) is 11.3 Å². The highest BCUT2D eigenvalue weighted by Gasteiger charge is 2.31. The third-order valence-corrected chi connectivity index (χ3v) is 4.40. The van der Waals surface area contributed by atoms with Gasteiger partial charge in [-0.15, -0.1) is 0 Å². The van der Waals surface area contributed by atoms with Gasteiger partial charge in [-0.1, -0.05) is 23.2 Å². The topological polar surface area (TPSA) is 65.6 Å². The van der Waals surface area contributed by atoms with E-state index in [1.807, 2.05) is 6.07 Å². The summed E-state index contributed by atoms with van der Waals surface area (Å²) in [6.07, 6.45) is -3.45. The van der Waals surface area contributed by atoms with Crippen LogP contribution in [0.1, 0.15) is 16.7 Å². The summed E-state index contributed by atoms with van der Waals surface area (Å²) in [7, 11) is 0. The van der Waals surface area contributed by atoms with Gasteiger partial charge < -0.3 is 9.84 Å². The summed E-state index contributed by atoms with van der Waals surface area (Å²) in [6, 6.07) is 13.5. The normalized spacial score (nSPS) is 11.5. The predicted molar refractivity (Wildman–Crippen MR) is 108 cm³/mol. The summed E-state index contributed by atoms with van der Waals surface area (Å²) in [6.45, 7) is 0. The molecule has 0 aliphatic carbocycles. The van der Waals surface area contributed by atoms with E-state index < -0.39 is 11.7 Å². The Hall–Kier alpha value is -3.21. The monoisotopic (exact) mass is 450 g/mol. The Balaban J connectivity index is 2.02. The van der Waals surface area contributed by atoms with Gasteiger partial charge in [0.1, 0.15) is 17.2 Å². The van der Waals surface area contributed by atoms with Gasteiger partial charge in [0.05, 0.1) is 22.2 Å². The van der Waals surface area contributed by atoms with Crippen LogP contribution >= 0.6 is 23.2 Å². The lowest BCUT2D eigenvalue weighted by atomic mass is 10.1. The standard InChI is InChI=1S/C21H11Cl2F3N2O2/c22-15-7-13(20(29)17(23)9-15)11-28-18-8-14(21(24,25)26)3-6-19(18)30-16-4-1-12(10-27)2-5-16/h1-9,11,29H. The zero-order chi connectivity index (χ0) is 21.9. The number of rotatable bonds is 4. The Kier molecular flexibility index (Phi) is 6.20. The first-order valence-corrected chi connectivity index (χ1v) is 9.04. The van der Waals surface area contributed by atoms with Gasteiger partial charge in [0.15, 0.2) is 5.75 Å². The fourth-order valence-corrected chi connectivity index (χ4v) is 2.94. The van der Waals surface area contributed by atoms with E-state index in [0.717, 1.165) is 24.4 Å². The van der Waals surface area contributed by atoms with Gasteiger partial charge in [-0.05, 0) is 54.6 Å². The first kappa shape index (κ1) is 21.5. The second-order valence-corrected chi connectivity index (χ2v) is 6.85. The number of benzene rings is 3. The second-order valence-electron chi connectivity index (χ2n) is 6.00. The molecule has 0 bridgehead atoms. The predicted octanol–water partition coefficient (Wildman–Crippen LogP) is 7.13. The minimum absolute atomic E-state index is 0.0259. The minimum Gasteiger partial charge on any atom is -0.506 e. The molecule has 0 saturated carbocycles. The van der Waals surface area contributed by atoms with Gasteiger partial charge in [-0.2, -0.15) is 18.4 Å². The number of alkyl halides is 3. The molecule has 0 heterocycles. The molecule has 0 atom stereocenters. The number of aliphatic imine (C=N–C) groups is 1. The molecule has 0 amide bonds. The Morgan fingerprint density at radius 2 is 1.73 bits per heavy atom. The third kappa shape index (κ3) is 5.03. The summed E-state index contributed by atoms with van der Waals surface area (Å²) >= 11 is 11.8. The van der Waals surface area contributed by atoms with Crippen LogP contribution in [0.3, 0.4) is 0 Å². The first-order chi connectivity index (χ1) is 14.2. The van der Waals surface area contributed by atoms with Crippen LogP contribution in [0.2, 0.25) is 10.0 Å². The van der Waals surface area contributed by atoms with E-state index in [4.69, 9.17) is 33.2 Å². The zero-order valence-corrected chi connectivity index (χ0v) is 16.4. The van der Waals surface area contributed by atoms with Gasteiger partial charge in [0.25, 0.3) is 0 Å². The van der Waals surface area contributed by atoms with E-state index in [1.54, 1.807) is 0 Å². The molecule has 3 rings (SSSR count). The lowest BCUT2D eigenvalue weighted by molar-refractivity contribution is -0.137. The Morgan fingerprint density at radius 1 is 1.03 bits per heavy atom. The van der Waals surface area contributed by atoms with E-state index in [2.05, 4.69) is 4.99 Å². The van der Waals surface area contributed by atoms with Crippen LogP contribution in [0.4, 0.5) is 18.9 Å². The highest BCUT2D eigenvalue weighted by atomic mass is 35.5. The number of phenolic OH excluding ortho intramolecular Hbond substituents is 1. The molecule has 0 aromatic heterocycles. The van der Waals surface area contributed by atoms with Crippen LogP contribution in [0.25, 0.3) is 0 Å². The quantitative estimate of drug-likeness (QED) is 0.429. The SMILES string of the molecule is N#Cc1ccc(Oc2ccc(C(F)(F)F)cc2N=Cc2cc(Cl)cc(Cl)c2O)cc1. The zero-order valence-electron chi connectivity index (χ0n) is 14.9. The summed E-state index contributed by atoms with van der Waals surface area (Å²) in [4.78, 5) is 4.04. The molecule has 9 heteroatoms. The average molecular weight is 451 g/mol. The van der Waals surface area contributed by atoms with Crippen LogP contribution < -0.4 is 4.74 Å². The number of hydrogen-bond acceptors (Lipinski definition) is 4. The van der Waals surface area contributed by atoms with Crippen molar-refractivity contribution >= 4 is 35.1 Å². The summed E-state index contributed by atoms with van der Waals surface area (Å²) in [5.41, 5.74) is -0.532. The summed E-state index contributed by atoms with van der Waals surface area (Å²) < 4.78 is 45.1. The molecule has 3 aromatic rings. The summed E-state index contributed by atoms with van der Waals surface area (Å²) in [5.74, 6) is 0.0294. The lowest BCUT2D eigenvalue weighted by Gasteiger charge is -2.12. The van der Waals surface area contributed by atoms with Gasteiger partial charge in [-0.25, -0.2) is 0 Å². The van der Waals surface area contributed by atoms with Crippen molar-refractivity contribution in [1.82, 2.24) is 0 Å². The van der Waals surface area contributed by atoms with Crippen molar-refractivity contribution in [2.75, 3.05) is 0 Å². The molecule has 0 aliphatic heterocycles. The second kappa shape index (κ2) is 8.66. The highest BCUT2D eigenvalue weighted by Crippen LogP contribution is 2.39. The van der Waals surface area contributed by atoms with E-state index in [-0.39, 0.29) is 32.8 Å². The number of ether oxygens (including phenoxy) is 1. The first-order valence-electron chi connectivity index (χ1n) is 8.28. The number of halogens is 5. The lowest BCUT2D eigenvalue weighted by Crippen LogP contribution is -2.04. The fraction of sp³-hybridized carbons (Fsp3) is 0.0476. The number of nitrogens with zero attached hydrogens (tertiary/aromatic N) is 2. The van der Waals surface area contributed by atoms with E-state index in [0.29, 0.717) is 11.3 Å². The van der Waals surface area contributed by atoms with E-state index in [1.165, 1.54) is 36.4 Å². The van der Waals surface area contributed by atoms with E-state index >= 15 is 0 Å². The molecular weight excluding hydrogens is 440 g/mol. The molecule has 0 aliphatic rings. The van der Waals surface area contributed by atoms with Gasteiger partial charge in [-0.3, -0.25) is 4.99 Å². The molecular formula is C21H11Cl2F3N2O2. The van der Waals surface area contributed by atoms with Gasteiger partial charge >= 0.3 is 6.18 Å². The van der Waals surface area contributed by atoms with Crippen molar-refractivity contribution in [1.29, 1.82) is 5.26 Å². The third-order valence-electron chi connectivity index (χ3n) is 3.90. The molecule has 30 heavy (non-hydrogen) atoms. The molecule has 0 saturated heterocycles. The van der Waals surface area contributed by atoms with Crippen molar-refractivity contribution in [2.45, 2.75) is 6.18 Å². The highest BCUT2D eigenvalue weighted by molar-refractivity contribution is 6.36. The van der Waals surface area contributed by atoms with Crippen LogP contribution in [0.5, 0.6) is 17.2 Å². The van der Waals surface area contributed by atoms with Crippen LogP contribution in [0, 0.1) is 11.3 Å². The Labute approximate surface area is 179 Å². The maximum absolute atomic E-state index is 13.1. The molecule has 0 unspecified atom stereocenters. The molecule has 0 spiro atoms. The Bertz CT molecular complexity index is 1150. The van der Waals surface area contributed by atoms with Gasteiger partial charge in [0, 0.05) is 16.8 Å². The average Bonchev–Trinajstić information content (AvgIpc) is 2.70. The molecule has 3 aromatic carbocycles. The summed E-state index contributed by atoms with van der Waals surface area (Å²) in [5, 5.41) is 19.1.